The van der Waals surface area contributed by atoms with Gasteiger partial charge in [0, 0.05) is 70.4 Å². The largest absolute Gasteiger partial charge is 0.358 e. The molecule has 0 aromatic heterocycles. The Balaban J connectivity index is 0.000000794. The molecule has 4 atom stereocenters. The molecule has 4 aliphatic heterocycles. The van der Waals surface area contributed by atoms with E-state index < -0.39 is 35.6 Å². The lowest BCUT2D eigenvalue weighted by Crippen LogP contribution is -2.48. The maximum atomic E-state index is 12.0. The monoisotopic (exact) mass is 807 g/mol. The standard InChI is InChI=1S/C16H25N3O5.C10H20N2O.C6H7NO4.2C4H10/c1-11-4-3-5-12(2)18(11)10-13(20)17-9-8-16(23)24-19-14(21)6-7-15(19)22;1-8-5-4-6-9(2)12(8)7-10(13)11-3;1-4(8)11-7-5(9)2-3-6(7)10;2*1-3-4-2/h11-12H,3-10H2,1-2H3,(H,17,20);8-9H,4-7H2,1-3H3,(H,11,13);2-3H2,1H3;2*3-4H2,1-2H3/i1+1,2+1,11+1,12+1,18+1;3+1,10+1,11+1;1+1,4+1;;. The Hall–Kier alpha value is -3.92. The number of imide groups is 2. The number of piperidine rings is 2. The summed E-state index contributed by atoms with van der Waals surface area (Å²) in [6, 6.07) is 1.86. The molecule has 0 bridgehead atoms. The Labute approximate surface area is 335 Å². The van der Waals surface area contributed by atoms with Crippen molar-refractivity contribution in [3.05, 3.63) is 0 Å². The van der Waals surface area contributed by atoms with Gasteiger partial charge in [-0.25, -0.2) is 9.59 Å². The van der Waals surface area contributed by atoms with Crippen molar-refractivity contribution in [3.8, 4) is 0 Å². The minimum atomic E-state index is -0.710. The van der Waals surface area contributed by atoms with E-state index in [0.29, 0.717) is 47.4 Å². The molecule has 16 heteroatoms. The van der Waals surface area contributed by atoms with E-state index in [4.69, 9.17) is 4.84 Å². The second kappa shape index (κ2) is 29.3. The third-order valence-electron chi connectivity index (χ3n) is 9.76. The van der Waals surface area contributed by atoms with Gasteiger partial charge in [-0.3, -0.25) is 38.6 Å². The average molecular weight is 807 g/mol. The zero-order chi connectivity index (χ0) is 42.8. The smallest absolute Gasteiger partial charge is 0.334 e. The van der Waals surface area contributed by atoms with Gasteiger partial charge in [0.05, 0.1) is 19.5 Å². The fourth-order valence-electron chi connectivity index (χ4n) is 5.94. The van der Waals surface area contributed by atoms with Crippen LogP contribution >= 0.6 is 0 Å². The van der Waals surface area contributed by atoms with E-state index in [1.165, 1.54) is 51.4 Å². The number of likely N-dealkylation sites (N-methyl/N-ethyl adjacent to an activating group) is 1. The van der Waals surface area contributed by atoms with E-state index in [2.05, 4.69) is 80.7 Å². The summed E-state index contributed by atoms with van der Waals surface area (Å²) in [5, 5.41) is 6.38. The highest BCUT2D eigenvalue weighted by Gasteiger charge is 2.33. The van der Waals surface area contributed by atoms with Crippen LogP contribution in [0.15, 0.2) is 0 Å². The summed E-state index contributed by atoms with van der Waals surface area (Å²) >= 11 is 0. The van der Waals surface area contributed by atoms with Crippen molar-refractivity contribution in [1.29, 1.82) is 0 Å². The van der Waals surface area contributed by atoms with Gasteiger partial charge >= 0.3 is 11.9 Å². The molecule has 0 spiro atoms. The van der Waals surface area contributed by atoms with Crippen molar-refractivity contribution in [3.63, 3.8) is 0 Å². The molecule has 0 aromatic rings. The number of nitrogens with zero attached hydrogens (tertiary/aromatic N) is 4. The van der Waals surface area contributed by atoms with Crippen molar-refractivity contribution in [2.75, 3.05) is 26.7 Å². The molecular formula is C40H72N6O10. The highest BCUT2D eigenvalue weighted by Crippen LogP contribution is 2.22. The Morgan fingerprint density at radius 2 is 0.929 bits per heavy atom. The molecule has 4 aliphatic rings. The summed E-state index contributed by atoms with van der Waals surface area (Å²) in [5.41, 5.74) is 0. The van der Waals surface area contributed by atoms with E-state index in [0.717, 1.165) is 19.8 Å². The van der Waals surface area contributed by atoms with Crippen molar-refractivity contribution < 1.29 is 48.0 Å². The number of carbonyl (C=O) groups is 8. The van der Waals surface area contributed by atoms with Gasteiger partial charge < -0.3 is 20.3 Å². The zero-order valence-electron chi connectivity index (χ0n) is 35.9. The topological polar surface area (TPSA) is 192 Å². The quantitative estimate of drug-likeness (QED) is 0.168. The van der Waals surface area contributed by atoms with Crippen LogP contribution in [-0.4, -0.2) is 118 Å². The van der Waals surface area contributed by atoms with Crippen LogP contribution in [0.1, 0.15) is 159 Å². The summed E-state index contributed by atoms with van der Waals surface area (Å²) < 4.78 is 0. The molecule has 0 saturated carbocycles. The lowest BCUT2D eigenvalue weighted by Gasteiger charge is -2.38. The van der Waals surface area contributed by atoms with E-state index >= 15 is 0 Å². The first-order valence-electron chi connectivity index (χ1n) is 20.6. The number of hydrogen-bond acceptors (Lipinski definition) is 12. The van der Waals surface area contributed by atoms with Gasteiger partial charge in [0.15, 0.2) is 0 Å². The van der Waals surface area contributed by atoms with Crippen molar-refractivity contribution >= 4 is 47.4 Å². The molecule has 0 radical (unpaired) electrons. The number of amides is 6. The molecule has 4 saturated heterocycles. The van der Waals surface area contributed by atoms with Crippen LogP contribution in [0.25, 0.3) is 0 Å². The van der Waals surface area contributed by atoms with Crippen LogP contribution in [0.5, 0.6) is 0 Å². The lowest BCUT2D eigenvalue weighted by atomic mass is 9.98. The van der Waals surface area contributed by atoms with E-state index in [9.17, 15) is 38.4 Å². The molecule has 0 aromatic carbocycles. The highest BCUT2D eigenvalue weighted by molar-refractivity contribution is 6.02. The Morgan fingerprint density at radius 3 is 1.25 bits per heavy atom. The first-order chi connectivity index (χ1) is 26.5. The van der Waals surface area contributed by atoms with E-state index in [1.54, 1.807) is 7.05 Å². The predicted molar refractivity (Wildman–Crippen MR) is 212 cm³/mol. The third kappa shape index (κ3) is 20.8. The zero-order valence-corrected chi connectivity index (χ0v) is 35.9. The van der Waals surface area contributed by atoms with E-state index in [1.807, 2.05) is 0 Å². The molecule has 56 heavy (non-hydrogen) atoms. The number of likely N-dealkylation sites (tertiary alicyclic amines) is 2. The molecule has 322 valence electrons. The first-order valence-corrected chi connectivity index (χ1v) is 20.6. The van der Waals surface area contributed by atoms with Gasteiger partial charge in [-0.15, -0.1) is 10.1 Å². The van der Waals surface area contributed by atoms with Gasteiger partial charge in [-0.05, 0) is 53.4 Å². The van der Waals surface area contributed by atoms with Crippen LogP contribution in [0.3, 0.4) is 0 Å². The summed E-state index contributed by atoms with van der Waals surface area (Å²) in [6.45, 7) is 19.5. The average Bonchev–Trinajstić information content (AvgIpc) is 3.65. The highest BCUT2D eigenvalue weighted by atomic mass is 16.8. The van der Waals surface area contributed by atoms with Gasteiger partial charge in [-0.1, -0.05) is 66.2 Å². The van der Waals surface area contributed by atoms with Crippen LogP contribution in [0, 0.1) is 0 Å². The molecule has 4 heterocycles. The summed E-state index contributed by atoms with van der Waals surface area (Å²) in [6.07, 6.45) is 12.7. The minimum Gasteiger partial charge on any atom is -0.358 e. The number of unbranched alkanes of at least 4 members (excludes halogenated alkanes) is 2. The molecule has 4 rings (SSSR count). The van der Waals surface area contributed by atoms with Gasteiger partial charge in [0.25, 0.3) is 23.6 Å². The lowest BCUT2D eigenvalue weighted by molar-refractivity contribution is -0.197. The fourth-order valence-corrected chi connectivity index (χ4v) is 5.94. The fraction of sp³-hybridized carbons (Fsp3) is 0.800. The number of rotatable bonds is 11. The van der Waals surface area contributed by atoms with Crippen LogP contribution in [-0.2, 0) is 48.0 Å². The minimum absolute atomic E-state index is 0.0645. The van der Waals surface area contributed by atoms with Gasteiger partial charge in [0.1, 0.15) is 0 Å². The second-order valence-corrected chi connectivity index (χ2v) is 14.6. The Kier molecular flexibility index (Phi) is 27.3. The summed E-state index contributed by atoms with van der Waals surface area (Å²) in [4.78, 5) is 103. The molecule has 4 unspecified atom stereocenters. The molecule has 0 aliphatic carbocycles. The SMILES string of the molecule is CC1CCCC(C)N1C[13C](=O)[15NH][13CH3].CCCC.CCCC.[13CH3][13CH]1CCC[13CH]([13CH3])[15N]1CC(=O)NCCC(=O)ON1C(=O)CCC1=O.[13CH3][13C](=O)ON1C(=O)CCC1=O. The second-order valence-electron chi connectivity index (χ2n) is 14.6. The maximum Gasteiger partial charge on any atom is 0.334 e. The predicted octanol–water partition coefficient (Wildman–Crippen LogP) is 4.58. The van der Waals surface area contributed by atoms with Crippen LogP contribution in [0.4, 0.5) is 0 Å². The third-order valence-corrected chi connectivity index (χ3v) is 9.76. The molecule has 16 nitrogen and oxygen atoms in total. The molecule has 6 amide bonds. The summed E-state index contributed by atoms with van der Waals surface area (Å²) in [5.74, 6) is -3.31. The summed E-state index contributed by atoms with van der Waals surface area (Å²) in [7, 11) is 1.70. The first kappa shape index (κ1) is 52.1. The number of nitrogens with one attached hydrogen (secondary N) is 2. The molecule has 2 N–H and O–H groups in total. The number of hydroxylamine groups is 4. The Morgan fingerprint density at radius 1 is 0.589 bits per heavy atom. The van der Waals surface area contributed by atoms with Crippen molar-refractivity contribution in [2.45, 2.75) is 183 Å². The van der Waals surface area contributed by atoms with Crippen LogP contribution in [0.2, 0.25) is 0 Å². The van der Waals surface area contributed by atoms with Crippen molar-refractivity contribution in [2.24, 2.45) is 0 Å². The number of hydrogen-bond donors (Lipinski definition) is 2. The molecular weight excluding hydrogens is 734 g/mol. The van der Waals surface area contributed by atoms with Gasteiger partial charge in [0.2, 0.25) is 11.8 Å². The van der Waals surface area contributed by atoms with Crippen molar-refractivity contribution in [1.82, 2.24) is 30.6 Å². The van der Waals surface area contributed by atoms with E-state index in [-0.39, 0.29) is 50.5 Å². The number of carbonyl (C=O) groups excluding carboxylic acids is 8. The van der Waals surface area contributed by atoms with Crippen LogP contribution < -0.4 is 10.6 Å². The van der Waals surface area contributed by atoms with Gasteiger partial charge in [-0.2, -0.15) is 0 Å². The molecule has 4 fully saturated rings. The normalized spacial score (nSPS) is 22.2. The maximum absolute atomic E-state index is 12.0. The Bertz CT molecular complexity index is 1200.